The second kappa shape index (κ2) is 5.22. The highest BCUT2D eigenvalue weighted by molar-refractivity contribution is 5.35. The lowest BCUT2D eigenvalue weighted by atomic mass is 9.80. The Hall–Kier alpha value is -0.820. The maximum atomic E-state index is 3.33. The van der Waals surface area contributed by atoms with Crippen molar-refractivity contribution in [3.63, 3.8) is 0 Å². The van der Waals surface area contributed by atoms with Crippen molar-refractivity contribution in [1.82, 2.24) is 5.32 Å². The summed E-state index contributed by atoms with van der Waals surface area (Å²) >= 11 is 0. The molecule has 1 aromatic carbocycles. The highest BCUT2D eigenvalue weighted by Crippen LogP contribution is 2.29. The molecule has 1 unspecified atom stereocenters. The summed E-state index contributed by atoms with van der Waals surface area (Å²) in [5.74, 6) is 0. The molecular formula is C16H25N. The summed E-state index contributed by atoms with van der Waals surface area (Å²) in [4.78, 5) is 0. The van der Waals surface area contributed by atoms with Crippen molar-refractivity contribution in [2.75, 3.05) is 13.6 Å². The number of hydrogen-bond donors (Lipinski definition) is 1. The highest BCUT2D eigenvalue weighted by atomic mass is 14.8. The van der Waals surface area contributed by atoms with Crippen LogP contribution in [0.15, 0.2) is 18.2 Å². The van der Waals surface area contributed by atoms with Gasteiger partial charge in [-0.25, -0.2) is 0 Å². The molecule has 1 aromatic rings. The van der Waals surface area contributed by atoms with Crippen LogP contribution in [-0.2, 0) is 19.3 Å². The van der Waals surface area contributed by atoms with E-state index in [4.69, 9.17) is 0 Å². The van der Waals surface area contributed by atoms with E-state index in [1.54, 1.807) is 11.1 Å². The fourth-order valence-corrected chi connectivity index (χ4v) is 2.97. The molecule has 1 aliphatic rings. The van der Waals surface area contributed by atoms with Crippen LogP contribution in [0.5, 0.6) is 0 Å². The zero-order chi connectivity index (χ0) is 12.3. The molecule has 2 rings (SSSR count). The van der Waals surface area contributed by atoms with Crippen LogP contribution in [-0.4, -0.2) is 13.6 Å². The predicted molar refractivity (Wildman–Crippen MR) is 74.5 cm³/mol. The quantitative estimate of drug-likeness (QED) is 0.819. The smallest absolute Gasteiger partial charge is 0.000524 e. The molecule has 0 aromatic heterocycles. The molecule has 0 bridgehead atoms. The van der Waals surface area contributed by atoms with Crippen LogP contribution in [0.1, 0.15) is 43.4 Å². The van der Waals surface area contributed by atoms with E-state index in [0.717, 1.165) is 6.54 Å². The Labute approximate surface area is 106 Å². The number of benzene rings is 1. The first kappa shape index (κ1) is 12.6. The first-order valence-electron chi connectivity index (χ1n) is 6.92. The molecule has 1 atom stereocenters. The molecule has 1 N–H and O–H groups in total. The topological polar surface area (TPSA) is 12.0 Å². The van der Waals surface area contributed by atoms with E-state index in [0.29, 0.717) is 5.41 Å². The second-order valence-corrected chi connectivity index (χ2v) is 5.83. The van der Waals surface area contributed by atoms with Crippen LogP contribution in [0.4, 0.5) is 0 Å². The van der Waals surface area contributed by atoms with Crippen LogP contribution in [0.3, 0.4) is 0 Å². The van der Waals surface area contributed by atoms with Crippen LogP contribution < -0.4 is 5.32 Å². The Balaban J connectivity index is 2.12. The SMILES string of the molecule is CCC(C)(CNC)Cc1ccc2c(c1)CCC2. The Morgan fingerprint density at radius 3 is 2.71 bits per heavy atom. The molecule has 0 radical (unpaired) electrons. The van der Waals surface area contributed by atoms with E-state index in [2.05, 4.69) is 44.4 Å². The minimum absolute atomic E-state index is 0.390. The lowest BCUT2D eigenvalue weighted by Crippen LogP contribution is -2.31. The summed E-state index contributed by atoms with van der Waals surface area (Å²) in [5, 5.41) is 3.33. The van der Waals surface area contributed by atoms with Gasteiger partial charge in [0.1, 0.15) is 0 Å². The molecule has 0 saturated heterocycles. The fraction of sp³-hybridized carbons (Fsp3) is 0.625. The van der Waals surface area contributed by atoms with Crippen molar-refractivity contribution in [2.24, 2.45) is 5.41 Å². The Morgan fingerprint density at radius 2 is 2.00 bits per heavy atom. The van der Waals surface area contributed by atoms with Crippen molar-refractivity contribution in [1.29, 1.82) is 0 Å². The van der Waals surface area contributed by atoms with Crippen LogP contribution >= 0.6 is 0 Å². The number of nitrogens with one attached hydrogen (secondary N) is 1. The highest BCUT2D eigenvalue weighted by Gasteiger charge is 2.22. The van der Waals surface area contributed by atoms with Crippen molar-refractivity contribution in [3.05, 3.63) is 34.9 Å². The summed E-state index contributed by atoms with van der Waals surface area (Å²) < 4.78 is 0. The van der Waals surface area contributed by atoms with E-state index in [1.165, 1.54) is 37.7 Å². The molecule has 0 fully saturated rings. The van der Waals surface area contributed by atoms with Crippen molar-refractivity contribution in [3.8, 4) is 0 Å². The molecule has 0 saturated carbocycles. The molecule has 1 nitrogen and oxygen atoms in total. The molecule has 0 aliphatic heterocycles. The monoisotopic (exact) mass is 231 g/mol. The third-order valence-electron chi connectivity index (χ3n) is 4.25. The third-order valence-corrected chi connectivity index (χ3v) is 4.25. The average molecular weight is 231 g/mol. The van der Waals surface area contributed by atoms with Crippen LogP contribution in [0.25, 0.3) is 0 Å². The first-order chi connectivity index (χ1) is 8.17. The van der Waals surface area contributed by atoms with Gasteiger partial charge < -0.3 is 5.32 Å². The van der Waals surface area contributed by atoms with E-state index >= 15 is 0 Å². The average Bonchev–Trinajstić information content (AvgIpc) is 2.76. The van der Waals surface area contributed by atoms with Crippen LogP contribution in [0.2, 0.25) is 0 Å². The van der Waals surface area contributed by atoms with Gasteiger partial charge in [-0.15, -0.1) is 0 Å². The van der Waals surface area contributed by atoms with Gasteiger partial charge in [0.15, 0.2) is 0 Å². The van der Waals surface area contributed by atoms with Gasteiger partial charge in [-0.1, -0.05) is 32.0 Å². The fourth-order valence-electron chi connectivity index (χ4n) is 2.97. The Kier molecular flexibility index (Phi) is 3.88. The standard InChI is InChI=1S/C16H25N/c1-4-16(2,12-17-3)11-13-8-9-14-6-5-7-15(14)10-13/h8-10,17H,4-7,11-12H2,1-3H3. The molecule has 94 valence electrons. The molecule has 0 heterocycles. The summed E-state index contributed by atoms with van der Waals surface area (Å²) in [6.45, 7) is 5.78. The number of hydrogen-bond acceptors (Lipinski definition) is 1. The summed E-state index contributed by atoms with van der Waals surface area (Å²) in [6, 6.07) is 7.15. The van der Waals surface area contributed by atoms with Gasteiger partial charge in [0.25, 0.3) is 0 Å². The van der Waals surface area contributed by atoms with E-state index in [-0.39, 0.29) is 0 Å². The number of aryl methyl sites for hydroxylation is 2. The van der Waals surface area contributed by atoms with Crippen molar-refractivity contribution >= 4 is 0 Å². The van der Waals surface area contributed by atoms with Gasteiger partial charge >= 0.3 is 0 Å². The lowest BCUT2D eigenvalue weighted by Gasteiger charge is -2.28. The Bertz CT molecular complexity index is 383. The van der Waals surface area contributed by atoms with E-state index < -0.39 is 0 Å². The molecule has 0 amide bonds. The second-order valence-electron chi connectivity index (χ2n) is 5.83. The maximum Gasteiger partial charge on any atom is 0.000524 e. The van der Waals surface area contributed by atoms with Gasteiger partial charge in [-0.05, 0) is 61.3 Å². The molecular weight excluding hydrogens is 206 g/mol. The minimum atomic E-state index is 0.390. The lowest BCUT2D eigenvalue weighted by molar-refractivity contribution is 0.299. The maximum absolute atomic E-state index is 3.33. The summed E-state index contributed by atoms with van der Waals surface area (Å²) in [5.41, 5.74) is 5.10. The number of fused-ring (bicyclic) bond motifs is 1. The molecule has 0 spiro atoms. The molecule has 17 heavy (non-hydrogen) atoms. The van der Waals surface area contributed by atoms with E-state index in [1.807, 2.05) is 0 Å². The van der Waals surface area contributed by atoms with Crippen LogP contribution in [0, 0.1) is 5.41 Å². The van der Waals surface area contributed by atoms with Gasteiger partial charge in [0.05, 0.1) is 0 Å². The van der Waals surface area contributed by atoms with Crippen molar-refractivity contribution < 1.29 is 0 Å². The largest absolute Gasteiger partial charge is 0.319 e. The van der Waals surface area contributed by atoms with E-state index in [9.17, 15) is 0 Å². The zero-order valence-electron chi connectivity index (χ0n) is 11.5. The summed E-state index contributed by atoms with van der Waals surface area (Å²) in [6.07, 6.45) is 6.35. The molecule has 1 aliphatic carbocycles. The minimum Gasteiger partial charge on any atom is -0.319 e. The molecule has 1 heteroatoms. The first-order valence-corrected chi connectivity index (χ1v) is 6.92. The van der Waals surface area contributed by atoms with Crippen molar-refractivity contribution in [2.45, 2.75) is 46.0 Å². The summed E-state index contributed by atoms with van der Waals surface area (Å²) in [7, 11) is 2.05. The third kappa shape index (κ3) is 2.90. The van der Waals surface area contributed by atoms with Gasteiger partial charge in [-0.3, -0.25) is 0 Å². The van der Waals surface area contributed by atoms with Gasteiger partial charge in [0.2, 0.25) is 0 Å². The van der Waals surface area contributed by atoms with Gasteiger partial charge in [-0.2, -0.15) is 0 Å². The zero-order valence-corrected chi connectivity index (χ0v) is 11.5. The predicted octanol–water partition coefficient (Wildman–Crippen LogP) is 3.35. The Morgan fingerprint density at radius 1 is 1.24 bits per heavy atom. The normalized spacial score (nSPS) is 17.8. The number of rotatable bonds is 5. The van der Waals surface area contributed by atoms with Gasteiger partial charge in [0, 0.05) is 6.54 Å².